The molecule has 1 fully saturated rings. The van der Waals surface area contributed by atoms with Crippen LogP contribution in [-0.4, -0.2) is 34.6 Å². The van der Waals surface area contributed by atoms with Crippen molar-refractivity contribution in [2.75, 3.05) is 5.75 Å². The summed E-state index contributed by atoms with van der Waals surface area (Å²) < 4.78 is 0.977. The fourth-order valence-corrected chi connectivity index (χ4v) is 6.29. The van der Waals surface area contributed by atoms with Crippen molar-refractivity contribution in [2.45, 2.75) is 62.9 Å². The van der Waals surface area contributed by atoms with E-state index in [1.807, 2.05) is 78.9 Å². The van der Waals surface area contributed by atoms with Crippen LogP contribution in [0.25, 0.3) is 0 Å². The van der Waals surface area contributed by atoms with Gasteiger partial charge in [0.2, 0.25) is 11.8 Å². The number of carbonyl (C=O) groups is 2. The summed E-state index contributed by atoms with van der Waals surface area (Å²) >= 11 is 11.4. The minimum atomic E-state index is -0.601. The maximum absolute atomic E-state index is 13.8. The topological polar surface area (TPSA) is 49.4 Å². The van der Waals surface area contributed by atoms with Crippen molar-refractivity contribution in [3.63, 3.8) is 0 Å². The average Bonchev–Trinajstić information content (AvgIpc) is 2.94. The van der Waals surface area contributed by atoms with Gasteiger partial charge >= 0.3 is 0 Å². The first-order valence-corrected chi connectivity index (χ1v) is 15.5. The number of hydrogen-bond donors (Lipinski definition) is 1. The van der Waals surface area contributed by atoms with E-state index in [1.54, 1.807) is 4.90 Å². The first-order valence-electron chi connectivity index (χ1n) is 13.2. The molecule has 7 heteroatoms. The average molecular weight is 614 g/mol. The molecule has 3 aromatic rings. The zero-order valence-electron chi connectivity index (χ0n) is 21.5. The van der Waals surface area contributed by atoms with E-state index in [0.717, 1.165) is 46.8 Å². The molecule has 1 atom stereocenters. The molecule has 1 unspecified atom stereocenters. The van der Waals surface area contributed by atoms with Crippen molar-refractivity contribution in [1.82, 2.24) is 10.2 Å². The zero-order valence-corrected chi connectivity index (χ0v) is 24.6. The summed E-state index contributed by atoms with van der Waals surface area (Å²) in [5.74, 6) is 0.783. The quantitative estimate of drug-likeness (QED) is 0.245. The van der Waals surface area contributed by atoms with Gasteiger partial charge in [-0.2, -0.15) is 0 Å². The van der Waals surface area contributed by atoms with Crippen molar-refractivity contribution in [3.8, 4) is 0 Å². The van der Waals surface area contributed by atoms with Gasteiger partial charge in [-0.05, 0) is 47.7 Å². The van der Waals surface area contributed by atoms with Gasteiger partial charge in [0.1, 0.15) is 6.04 Å². The maximum atomic E-state index is 13.8. The lowest BCUT2D eigenvalue weighted by Crippen LogP contribution is -2.53. The smallest absolute Gasteiger partial charge is 0.243 e. The van der Waals surface area contributed by atoms with E-state index in [2.05, 4.69) is 21.2 Å². The second kappa shape index (κ2) is 14.8. The van der Waals surface area contributed by atoms with E-state index >= 15 is 0 Å². The molecule has 0 aromatic heterocycles. The Hall–Kier alpha value is -2.28. The normalized spacial score (nSPS) is 14.6. The summed E-state index contributed by atoms with van der Waals surface area (Å²) in [6.45, 7) is 0.369. The van der Waals surface area contributed by atoms with Crippen molar-refractivity contribution >= 4 is 51.1 Å². The van der Waals surface area contributed by atoms with Gasteiger partial charge in [0.15, 0.2) is 0 Å². The molecule has 1 aliphatic rings. The fraction of sp³-hybridized carbons (Fsp3) is 0.355. The van der Waals surface area contributed by atoms with Crippen molar-refractivity contribution in [3.05, 3.63) is 105 Å². The molecule has 200 valence electrons. The summed E-state index contributed by atoms with van der Waals surface area (Å²) in [5.41, 5.74) is 3.03. The number of rotatable bonds is 11. The predicted octanol–water partition coefficient (Wildman–Crippen LogP) is 7.42. The van der Waals surface area contributed by atoms with E-state index < -0.39 is 6.04 Å². The number of amides is 2. The third-order valence-corrected chi connectivity index (χ3v) is 8.79. The highest BCUT2D eigenvalue weighted by Crippen LogP contribution is 2.24. The van der Waals surface area contributed by atoms with Crippen LogP contribution in [0, 0.1) is 0 Å². The van der Waals surface area contributed by atoms with Crippen molar-refractivity contribution in [1.29, 1.82) is 0 Å². The number of nitrogens with zero attached hydrogens (tertiary/aromatic N) is 1. The number of thioether (sulfide) groups is 1. The Labute approximate surface area is 243 Å². The number of hydrogen-bond acceptors (Lipinski definition) is 3. The third kappa shape index (κ3) is 8.62. The van der Waals surface area contributed by atoms with E-state index in [-0.39, 0.29) is 23.6 Å². The molecular weight excluding hydrogens is 580 g/mol. The second-order valence-electron chi connectivity index (χ2n) is 9.78. The first kappa shape index (κ1) is 28.7. The molecule has 0 heterocycles. The van der Waals surface area contributed by atoms with Gasteiger partial charge in [-0.25, -0.2) is 0 Å². The number of nitrogens with one attached hydrogen (secondary N) is 1. The van der Waals surface area contributed by atoms with Crippen LogP contribution in [0.4, 0.5) is 0 Å². The lowest BCUT2D eigenvalue weighted by atomic mass is 9.94. The Morgan fingerprint density at radius 2 is 1.61 bits per heavy atom. The van der Waals surface area contributed by atoms with Gasteiger partial charge in [0.05, 0.1) is 5.75 Å². The Kier molecular flexibility index (Phi) is 11.2. The molecule has 38 heavy (non-hydrogen) atoms. The summed E-state index contributed by atoms with van der Waals surface area (Å²) in [6.07, 6.45) is 5.95. The SMILES string of the molecule is O=C(NC1CCCCC1)C(Cc1ccccc1)N(Cc1ccc(Br)cc1)C(=O)CSCc1ccccc1Cl. The summed E-state index contributed by atoms with van der Waals surface area (Å²) in [4.78, 5) is 29.4. The van der Waals surface area contributed by atoms with Crippen LogP contribution in [0.2, 0.25) is 5.02 Å². The molecule has 0 aliphatic heterocycles. The minimum absolute atomic E-state index is 0.0512. The third-order valence-electron chi connectivity index (χ3n) is 6.93. The fourth-order valence-electron chi connectivity index (χ4n) is 4.83. The van der Waals surface area contributed by atoms with Crippen LogP contribution < -0.4 is 5.32 Å². The Balaban J connectivity index is 1.56. The molecular formula is C31H34BrClN2O2S. The van der Waals surface area contributed by atoms with E-state index in [1.165, 1.54) is 18.2 Å². The van der Waals surface area contributed by atoms with Crippen LogP contribution in [0.1, 0.15) is 48.8 Å². The predicted molar refractivity (Wildman–Crippen MR) is 161 cm³/mol. The molecule has 1 aliphatic carbocycles. The molecule has 0 saturated heterocycles. The summed E-state index contributed by atoms with van der Waals surface area (Å²) in [7, 11) is 0. The van der Waals surface area contributed by atoms with Gasteiger partial charge in [-0.3, -0.25) is 9.59 Å². The first-order chi connectivity index (χ1) is 18.5. The van der Waals surface area contributed by atoms with Crippen LogP contribution in [-0.2, 0) is 28.3 Å². The monoisotopic (exact) mass is 612 g/mol. The molecule has 1 saturated carbocycles. The summed E-state index contributed by atoms with van der Waals surface area (Å²) in [6, 6.07) is 25.2. The minimum Gasteiger partial charge on any atom is -0.352 e. The summed E-state index contributed by atoms with van der Waals surface area (Å²) in [5, 5.41) is 4.00. The second-order valence-corrected chi connectivity index (χ2v) is 12.1. The Bertz CT molecular complexity index is 1190. The molecule has 0 radical (unpaired) electrons. The molecule has 4 nitrogen and oxygen atoms in total. The lowest BCUT2D eigenvalue weighted by Gasteiger charge is -2.33. The molecule has 0 spiro atoms. The van der Waals surface area contributed by atoms with Gasteiger partial charge < -0.3 is 10.2 Å². The largest absolute Gasteiger partial charge is 0.352 e. The lowest BCUT2D eigenvalue weighted by molar-refractivity contribution is -0.139. The van der Waals surface area contributed by atoms with Crippen molar-refractivity contribution in [2.24, 2.45) is 0 Å². The highest BCUT2D eigenvalue weighted by atomic mass is 79.9. The Morgan fingerprint density at radius 1 is 0.921 bits per heavy atom. The standard InChI is InChI=1S/C31H34BrClN2O2S/c32-26-17-15-24(16-18-26)20-35(30(36)22-38-21-25-11-7-8-14-28(25)33)29(19-23-9-3-1-4-10-23)31(37)34-27-12-5-2-6-13-27/h1,3-4,7-11,14-18,27,29H,2,5-6,12-13,19-22H2,(H,34,37). The van der Waals surface area contributed by atoms with E-state index in [0.29, 0.717) is 23.7 Å². The van der Waals surface area contributed by atoms with E-state index in [4.69, 9.17) is 11.6 Å². The van der Waals surface area contributed by atoms with Gasteiger partial charge in [0.25, 0.3) is 0 Å². The van der Waals surface area contributed by atoms with Gasteiger partial charge in [0, 0.05) is 34.3 Å². The zero-order chi connectivity index (χ0) is 26.7. The molecule has 2 amide bonds. The highest BCUT2D eigenvalue weighted by molar-refractivity contribution is 9.10. The number of halogens is 2. The van der Waals surface area contributed by atoms with Crippen LogP contribution in [0.15, 0.2) is 83.3 Å². The van der Waals surface area contributed by atoms with Gasteiger partial charge in [-0.1, -0.05) is 107 Å². The highest BCUT2D eigenvalue weighted by Gasteiger charge is 2.31. The molecule has 0 bridgehead atoms. The molecule has 4 rings (SSSR count). The number of carbonyl (C=O) groups excluding carboxylic acids is 2. The van der Waals surface area contributed by atoms with Crippen LogP contribution >= 0.6 is 39.3 Å². The van der Waals surface area contributed by atoms with Gasteiger partial charge in [-0.15, -0.1) is 11.8 Å². The van der Waals surface area contributed by atoms with Crippen LogP contribution in [0.3, 0.4) is 0 Å². The number of benzene rings is 3. The maximum Gasteiger partial charge on any atom is 0.243 e. The van der Waals surface area contributed by atoms with Crippen molar-refractivity contribution < 1.29 is 9.59 Å². The molecule has 3 aromatic carbocycles. The van der Waals surface area contributed by atoms with E-state index in [9.17, 15) is 9.59 Å². The Morgan fingerprint density at radius 3 is 2.32 bits per heavy atom. The van der Waals surface area contributed by atoms with Crippen LogP contribution in [0.5, 0.6) is 0 Å². The molecule has 1 N–H and O–H groups in total.